The van der Waals surface area contributed by atoms with Gasteiger partial charge in [-0.25, -0.2) is 0 Å². The van der Waals surface area contributed by atoms with Crippen molar-refractivity contribution in [2.75, 3.05) is 0 Å². The molecule has 0 aromatic heterocycles. The summed E-state index contributed by atoms with van der Waals surface area (Å²) in [5.74, 6) is -0.343. The van der Waals surface area contributed by atoms with Gasteiger partial charge >= 0.3 is 0 Å². The molecule has 0 N–H and O–H groups in total. The zero-order valence-electron chi connectivity index (χ0n) is 16.9. The minimum absolute atomic E-state index is 0.123. The van der Waals surface area contributed by atoms with E-state index in [1.54, 1.807) is 0 Å². The normalized spacial score (nSPS) is 10.7. The molecule has 4 nitrogen and oxygen atoms in total. The van der Waals surface area contributed by atoms with Crippen LogP contribution in [0.5, 0.6) is 0 Å². The van der Waals surface area contributed by atoms with Crippen LogP contribution in [0.25, 0.3) is 0 Å². The van der Waals surface area contributed by atoms with E-state index in [1.807, 2.05) is 0 Å². The quantitative estimate of drug-likeness (QED) is 0.222. The number of carbonyl (C=O) groups excluding carboxylic acids is 4. The van der Waals surface area contributed by atoms with Gasteiger partial charge in [0.05, 0.1) is 12.8 Å². The van der Waals surface area contributed by atoms with Crippen molar-refractivity contribution in [3.05, 3.63) is 0 Å². The van der Waals surface area contributed by atoms with E-state index < -0.39 is 0 Å². The summed E-state index contributed by atoms with van der Waals surface area (Å²) in [6, 6.07) is 0. The summed E-state index contributed by atoms with van der Waals surface area (Å²) in [4.78, 5) is 45.6. The number of hydrogen-bond donors (Lipinski definition) is 0. The lowest BCUT2D eigenvalue weighted by Crippen LogP contribution is -2.10. The third kappa shape index (κ3) is 17.5. The zero-order chi connectivity index (χ0) is 19.6. The first-order chi connectivity index (χ1) is 12.5. The lowest BCUT2D eigenvalue weighted by molar-refractivity contribution is -0.129. The van der Waals surface area contributed by atoms with Gasteiger partial charge in [0.1, 0.15) is 23.1 Å². The molecule has 0 aliphatic carbocycles. The Morgan fingerprint density at radius 3 is 1.42 bits per heavy atom. The van der Waals surface area contributed by atoms with Gasteiger partial charge in [0.2, 0.25) is 0 Å². The molecule has 0 atom stereocenters. The molecule has 0 spiro atoms. The molecule has 0 aliphatic heterocycles. The molecule has 0 radical (unpaired) electrons. The SMILES string of the molecule is CCCCCCCCCCCC(=O)CCCCC(=O)CC(=O)CC(C)=O. The fourth-order valence-electron chi connectivity index (χ4n) is 3.05. The van der Waals surface area contributed by atoms with E-state index in [-0.39, 0.29) is 36.0 Å². The lowest BCUT2D eigenvalue weighted by Gasteiger charge is -2.03. The Labute approximate surface area is 159 Å². The van der Waals surface area contributed by atoms with E-state index in [0.29, 0.717) is 32.1 Å². The second-order valence-electron chi connectivity index (χ2n) is 7.46. The van der Waals surface area contributed by atoms with Gasteiger partial charge in [0.15, 0.2) is 0 Å². The molecule has 0 aliphatic rings. The van der Waals surface area contributed by atoms with Crippen molar-refractivity contribution in [2.24, 2.45) is 0 Å². The van der Waals surface area contributed by atoms with Crippen LogP contribution in [0.3, 0.4) is 0 Å². The molecule has 150 valence electrons. The molecule has 0 aromatic rings. The van der Waals surface area contributed by atoms with Crippen LogP contribution in [0.4, 0.5) is 0 Å². The van der Waals surface area contributed by atoms with Crippen molar-refractivity contribution in [2.45, 2.75) is 117 Å². The van der Waals surface area contributed by atoms with Crippen LogP contribution in [-0.2, 0) is 19.2 Å². The molecule has 0 saturated carbocycles. The highest BCUT2D eigenvalue weighted by Gasteiger charge is 2.11. The molecular weight excluding hydrogens is 328 g/mol. The maximum absolute atomic E-state index is 11.8. The summed E-state index contributed by atoms with van der Waals surface area (Å²) in [5.41, 5.74) is 0. The highest BCUT2D eigenvalue weighted by molar-refractivity contribution is 6.06. The van der Waals surface area contributed by atoms with Crippen molar-refractivity contribution in [3.8, 4) is 0 Å². The molecular formula is C22H38O4. The van der Waals surface area contributed by atoms with Crippen LogP contribution >= 0.6 is 0 Å². The number of rotatable bonds is 19. The second-order valence-corrected chi connectivity index (χ2v) is 7.46. The molecule has 0 saturated heterocycles. The molecule has 0 heterocycles. The number of carbonyl (C=O) groups is 4. The summed E-state index contributed by atoms with van der Waals surface area (Å²) < 4.78 is 0. The van der Waals surface area contributed by atoms with Crippen molar-refractivity contribution >= 4 is 23.1 Å². The molecule has 0 amide bonds. The molecule has 0 fully saturated rings. The summed E-state index contributed by atoms with van der Waals surface area (Å²) >= 11 is 0. The predicted octanol–water partition coefficient (Wildman–Crippen LogP) is 5.54. The Morgan fingerprint density at radius 2 is 0.923 bits per heavy atom. The summed E-state index contributed by atoms with van der Waals surface area (Å²) in [7, 11) is 0. The first-order valence-corrected chi connectivity index (χ1v) is 10.5. The summed E-state index contributed by atoms with van der Waals surface area (Å²) in [6.07, 6.45) is 13.8. The Hall–Kier alpha value is -1.32. The standard InChI is InChI=1S/C22H38O4/c1-3-4-5-6-7-8-9-10-11-14-20(24)15-12-13-16-21(25)18-22(26)17-19(2)23/h3-18H2,1-2H3. The van der Waals surface area contributed by atoms with Gasteiger partial charge in [-0.2, -0.15) is 0 Å². The summed E-state index contributed by atoms with van der Waals surface area (Å²) in [6.45, 7) is 3.58. The third-order valence-corrected chi connectivity index (χ3v) is 4.56. The van der Waals surface area contributed by atoms with Crippen LogP contribution < -0.4 is 0 Å². The van der Waals surface area contributed by atoms with E-state index in [9.17, 15) is 19.2 Å². The van der Waals surface area contributed by atoms with Gasteiger partial charge in [0, 0.05) is 19.3 Å². The lowest BCUT2D eigenvalue weighted by atomic mass is 10.0. The topological polar surface area (TPSA) is 68.3 Å². The van der Waals surface area contributed by atoms with Gasteiger partial charge in [0.25, 0.3) is 0 Å². The maximum atomic E-state index is 11.8. The monoisotopic (exact) mass is 366 g/mol. The van der Waals surface area contributed by atoms with Crippen LogP contribution in [0, 0.1) is 0 Å². The van der Waals surface area contributed by atoms with Crippen LogP contribution in [0.1, 0.15) is 117 Å². The number of ketones is 4. The van der Waals surface area contributed by atoms with Crippen molar-refractivity contribution < 1.29 is 19.2 Å². The van der Waals surface area contributed by atoms with E-state index in [1.165, 1.54) is 51.9 Å². The molecule has 4 heteroatoms. The number of unbranched alkanes of at least 4 members (excludes halogenated alkanes) is 9. The molecule has 0 unspecified atom stereocenters. The third-order valence-electron chi connectivity index (χ3n) is 4.56. The van der Waals surface area contributed by atoms with Crippen LogP contribution in [0.15, 0.2) is 0 Å². The van der Waals surface area contributed by atoms with Gasteiger partial charge in [-0.05, 0) is 26.2 Å². The van der Waals surface area contributed by atoms with Crippen molar-refractivity contribution in [1.82, 2.24) is 0 Å². The van der Waals surface area contributed by atoms with Crippen molar-refractivity contribution in [3.63, 3.8) is 0 Å². The van der Waals surface area contributed by atoms with E-state index in [4.69, 9.17) is 0 Å². The van der Waals surface area contributed by atoms with Crippen LogP contribution in [-0.4, -0.2) is 23.1 Å². The number of hydrogen-bond acceptors (Lipinski definition) is 4. The molecule has 0 bridgehead atoms. The largest absolute Gasteiger partial charge is 0.300 e. The predicted molar refractivity (Wildman–Crippen MR) is 105 cm³/mol. The molecule has 0 rings (SSSR count). The highest BCUT2D eigenvalue weighted by Crippen LogP contribution is 2.12. The average molecular weight is 367 g/mol. The average Bonchev–Trinajstić information content (AvgIpc) is 2.56. The van der Waals surface area contributed by atoms with E-state index >= 15 is 0 Å². The Bertz CT molecular complexity index is 426. The Kier molecular flexibility index (Phi) is 16.2. The van der Waals surface area contributed by atoms with Crippen LogP contribution in [0.2, 0.25) is 0 Å². The number of Topliss-reactive ketones (excluding diaryl/α,β-unsaturated/α-hetero) is 4. The van der Waals surface area contributed by atoms with Gasteiger partial charge in [-0.3, -0.25) is 19.2 Å². The van der Waals surface area contributed by atoms with Gasteiger partial charge < -0.3 is 0 Å². The Balaban J connectivity index is 3.45. The minimum atomic E-state index is -0.302. The fourth-order valence-corrected chi connectivity index (χ4v) is 3.05. The zero-order valence-corrected chi connectivity index (χ0v) is 16.9. The minimum Gasteiger partial charge on any atom is -0.300 e. The fraction of sp³-hybridized carbons (Fsp3) is 0.818. The highest BCUT2D eigenvalue weighted by atomic mass is 16.2. The maximum Gasteiger partial charge on any atom is 0.147 e. The summed E-state index contributed by atoms with van der Waals surface area (Å²) in [5, 5.41) is 0. The van der Waals surface area contributed by atoms with Crippen molar-refractivity contribution in [1.29, 1.82) is 0 Å². The smallest absolute Gasteiger partial charge is 0.147 e. The van der Waals surface area contributed by atoms with Gasteiger partial charge in [-0.1, -0.05) is 58.3 Å². The Morgan fingerprint density at radius 1 is 0.500 bits per heavy atom. The first kappa shape index (κ1) is 24.7. The first-order valence-electron chi connectivity index (χ1n) is 10.5. The van der Waals surface area contributed by atoms with E-state index in [0.717, 1.165) is 12.8 Å². The molecule has 26 heavy (non-hydrogen) atoms. The second kappa shape index (κ2) is 17.1. The van der Waals surface area contributed by atoms with Gasteiger partial charge in [-0.15, -0.1) is 0 Å². The van der Waals surface area contributed by atoms with E-state index in [2.05, 4.69) is 6.92 Å². The molecule has 0 aromatic carbocycles.